The van der Waals surface area contributed by atoms with Gasteiger partial charge in [-0.15, -0.1) is 0 Å². The SMILES string of the molecule is C=C(/N=C(\C=C/C)c1ccc2c(c1)C1C(=NC3=C1C1C=CC=C[C@H]31)c1ccccc1-2)c1ccc2c(c1)CCC1CC3C=CC=CC3N=C1c1ccccc1-2. The summed E-state index contributed by atoms with van der Waals surface area (Å²) in [5.74, 6) is 1.89. The van der Waals surface area contributed by atoms with Crippen molar-refractivity contribution in [3.63, 3.8) is 0 Å². The van der Waals surface area contributed by atoms with Crippen molar-refractivity contribution in [3.05, 3.63) is 197 Å². The van der Waals surface area contributed by atoms with Crippen LogP contribution in [0.25, 0.3) is 28.0 Å². The second-order valence-corrected chi connectivity index (χ2v) is 15.7. The summed E-state index contributed by atoms with van der Waals surface area (Å²) in [4.78, 5) is 16.0. The van der Waals surface area contributed by atoms with Gasteiger partial charge in [0.15, 0.2) is 0 Å². The highest BCUT2D eigenvalue weighted by atomic mass is 14.9. The van der Waals surface area contributed by atoms with Crippen molar-refractivity contribution in [2.45, 2.75) is 38.1 Å². The lowest BCUT2D eigenvalue weighted by molar-refractivity contribution is 0.420. The monoisotopic (exact) mass is 695 g/mol. The highest BCUT2D eigenvalue weighted by molar-refractivity contribution is 6.18. The Hall–Kier alpha value is -5.93. The van der Waals surface area contributed by atoms with Crippen LogP contribution in [-0.4, -0.2) is 23.2 Å². The van der Waals surface area contributed by atoms with Crippen LogP contribution < -0.4 is 0 Å². The fraction of sp³-hybridized carbons (Fsp3) is 0.196. The molecule has 0 amide bonds. The maximum absolute atomic E-state index is 5.38. The molecule has 0 spiro atoms. The first-order chi connectivity index (χ1) is 26.6. The third-order valence-corrected chi connectivity index (χ3v) is 12.8. The first-order valence-electron chi connectivity index (χ1n) is 19.6. The van der Waals surface area contributed by atoms with E-state index in [0.717, 1.165) is 41.8 Å². The number of hydrogen-bond donors (Lipinski definition) is 0. The topological polar surface area (TPSA) is 37.1 Å². The summed E-state index contributed by atoms with van der Waals surface area (Å²) < 4.78 is 0. The minimum atomic E-state index is 0.167. The number of aliphatic imine (C=N–C) groups is 3. The molecular weight excluding hydrogens is 655 g/mol. The number of hydrogen-bond acceptors (Lipinski definition) is 3. The van der Waals surface area contributed by atoms with Crippen LogP contribution in [0.3, 0.4) is 0 Å². The van der Waals surface area contributed by atoms with Gasteiger partial charge in [0, 0.05) is 51.8 Å². The molecule has 3 nitrogen and oxygen atoms in total. The molecular formula is C51H41N3. The molecule has 0 fully saturated rings. The van der Waals surface area contributed by atoms with Crippen LogP contribution in [0, 0.1) is 23.7 Å². The largest absolute Gasteiger partial charge is 0.281 e. The minimum absolute atomic E-state index is 0.167. The smallest absolute Gasteiger partial charge is 0.0749 e. The van der Waals surface area contributed by atoms with Crippen molar-refractivity contribution < 1.29 is 0 Å². The van der Waals surface area contributed by atoms with E-state index >= 15 is 0 Å². The predicted octanol–water partition coefficient (Wildman–Crippen LogP) is 11.4. The van der Waals surface area contributed by atoms with Gasteiger partial charge in [0.1, 0.15) is 0 Å². The average Bonchev–Trinajstić information content (AvgIpc) is 3.56. The van der Waals surface area contributed by atoms with E-state index in [2.05, 4.69) is 159 Å². The molecule has 0 bridgehead atoms. The third kappa shape index (κ3) is 4.77. The number of aryl methyl sites for hydroxylation is 1. The Bertz CT molecular complexity index is 2600. The van der Waals surface area contributed by atoms with E-state index in [1.807, 2.05) is 0 Å². The minimum Gasteiger partial charge on any atom is -0.281 e. The van der Waals surface area contributed by atoms with Gasteiger partial charge in [0.25, 0.3) is 0 Å². The molecule has 5 aliphatic carbocycles. The van der Waals surface area contributed by atoms with Crippen molar-refractivity contribution in [3.8, 4) is 22.3 Å². The van der Waals surface area contributed by atoms with E-state index in [-0.39, 0.29) is 12.0 Å². The summed E-state index contributed by atoms with van der Waals surface area (Å²) in [6, 6.07) is 31.7. The Balaban J connectivity index is 0.964. The lowest BCUT2D eigenvalue weighted by Crippen LogP contribution is -2.33. The molecule has 0 saturated carbocycles. The van der Waals surface area contributed by atoms with Crippen molar-refractivity contribution in [2.24, 2.45) is 38.6 Å². The molecule has 0 N–H and O–H groups in total. The standard InChI is InChI=1S/C51H41N3/c1-3-12-45(34-24-26-39-38-15-6-9-18-42(38)50-48(44(39)29-34)47-40-16-7-10-19-43(40)51(47)54-50)52-30(2)31-23-25-36-32(27-31)21-22-35-28-33-13-4-11-20-46(33)53-49(35)41-17-8-5-14-37(36)41/h3-20,23-27,29,33,35,40,43,46,48H,2,21-22,28H2,1H3/b12-3-,52-45+/t33?,35?,40?,43-,46?,48?/m0/s1. The van der Waals surface area contributed by atoms with Gasteiger partial charge in [-0.25, -0.2) is 4.99 Å². The van der Waals surface area contributed by atoms with Crippen LogP contribution in [0.2, 0.25) is 0 Å². The zero-order valence-corrected chi connectivity index (χ0v) is 30.5. The second-order valence-electron chi connectivity index (χ2n) is 15.7. The van der Waals surface area contributed by atoms with E-state index in [4.69, 9.17) is 15.0 Å². The first kappa shape index (κ1) is 31.6. The second kappa shape index (κ2) is 12.3. The van der Waals surface area contributed by atoms with Crippen LogP contribution >= 0.6 is 0 Å². The zero-order valence-electron chi connectivity index (χ0n) is 30.5. The summed E-state index contributed by atoms with van der Waals surface area (Å²) in [6.45, 7) is 6.64. The summed E-state index contributed by atoms with van der Waals surface area (Å²) >= 11 is 0. The van der Waals surface area contributed by atoms with E-state index in [1.165, 1.54) is 67.2 Å². The summed E-state index contributed by atoms with van der Waals surface area (Å²) in [5, 5.41) is 0. The lowest BCUT2D eigenvalue weighted by Gasteiger charge is -2.39. The Kier molecular flexibility index (Phi) is 7.20. The molecule has 2 heterocycles. The van der Waals surface area contributed by atoms with Gasteiger partial charge in [-0.2, -0.15) is 0 Å². The van der Waals surface area contributed by atoms with Gasteiger partial charge >= 0.3 is 0 Å². The quantitative estimate of drug-likeness (QED) is 0.191. The molecule has 0 aromatic heterocycles. The van der Waals surface area contributed by atoms with Crippen LogP contribution in [-0.2, 0) is 6.42 Å². The highest BCUT2D eigenvalue weighted by Crippen LogP contribution is 2.59. The molecule has 3 heteroatoms. The molecule has 54 heavy (non-hydrogen) atoms. The van der Waals surface area contributed by atoms with E-state index in [1.54, 1.807) is 0 Å². The van der Waals surface area contributed by atoms with Crippen LogP contribution in [0.1, 0.15) is 59.1 Å². The van der Waals surface area contributed by atoms with E-state index in [9.17, 15) is 0 Å². The Labute approximate surface area is 317 Å². The molecule has 5 unspecified atom stereocenters. The predicted molar refractivity (Wildman–Crippen MR) is 224 cm³/mol. The van der Waals surface area contributed by atoms with Crippen LogP contribution in [0.4, 0.5) is 0 Å². The number of allylic oxidation sites excluding steroid dienone is 9. The summed E-state index contributed by atoms with van der Waals surface area (Å²) in [5.41, 5.74) is 19.5. The molecule has 4 aromatic carbocycles. The Morgan fingerprint density at radius 3 is 2.26 bits per heavy atom. The summed E-state index contributed by atoms with van der Waals surface area (Å²) in [6.07, 6.45) is 25.5. The number of benzene rings is 4. The normalized spacial score (nSPS) is 26.4. The Morgan fingerprint density at radius 2 is 1.43 bits per heavy atom. The van der Waals surface area contributed by atoms with Crippen LogP contribution in [0.15, 0.2) is 179 Å². The molecule has 2 aliphatic heterocycles. The molecule has 0 radical (unpaired) electrons. The van der Waals surface area contributed by atoms with Crippen molar-refractivity contribution >= 4 is 22.8 Å². The number of fused-ring (bicyclic) bond motifs is 16. The van der Waals surface area contributed by atoms with Gasteiger partial charge in [0.05, 0.1) is 29.1 Å². The maximum atomic E-state index is 5.38. The maximum Gasteiger partial charge on any atom is 0.0749 e. The lowest BCUT2D eigenvalue weighted by atomic mass is 9.62. The fourth-order valence-corrected chi connectivity index (χ4v) is 10.3. The molecule has 11 rings (SSSR count). The van der Waals surface area contributed by atoms with Gasteiger partial charge in [0.2, 0.25) is 0 Å². The molecule has 6 atom stereocenters. The molecule has 7 aliphatic rings. The average molecular weight is 696 g/mol. The fourth-order valence-electron chi connectivity index (χ4n) is 10.3. The third-order valence-electron chi connectivity index (χ3n) is 12.8. The van der Waals surface area contributed by atoms with Gasteiger partial charge in [-0.3, -0.25) is 9.98 Å². The molecule has 4 aromatic rings. The van der Waals surface area contributed by atoms with Crippen molar-refractivity contribution in [1.29, 1.82) is 0 Å². The van der Waals surface area contributed by atoms with Gasteiger partial charge in [-0.05, 0) is 88.9 Å². The van der Waals surface area contributed by atoms with Gasteiger partial charge in [-0.1, -0.05) is 134 Å². The van der Waals surface area contributed by atoms with Crippen molar-refractivity contribution in [1.82, 2.24) is 0 Å². The number of rotatable bonds is 4. The van der Waals surface area contributed by atoms with Gasteiger partial charge < -0.3 is 0 Å². The highest BCUT2D eigenvalue weighted by Gasteiger charge is 2.50. The molecule has 260 valence electrons. The van der Waals surface area contributed by atoms with E-state index < -0.39 is 0 Å². The number of nitrogens with zero attached hydrogens (tertiary/aromatic N) is 3. The zero-order chi connectivity index (χ0) is 35.9. The Morgan fingerprint density at radius 1 is 0.722 bits per heavy atom. The van der Waals surface area contributed by atoms with E-state index in [0.29, 0.717) is 23.7 Å². The summed E-state index contributed by atoms with van der Waals surface area (Å²) in [7, 11) is 0. The van der Waals surface area contributed by atoms with Crippen LogP contribution in [0.5, 0.6) is 0 Å². The molecule has 0 saturated heterocycles. The first-order valence-corrected chi connectivity index (χ1v) is 19.6. The van der Waals surface area contributed by atoms with Crippen molar-refractivity contribution in [2.75, 3.05) is 0 Å².